The van der Waals surface area contributed by atoms with E-state index in [9.17, 15) is 4.79 Å². The van der Waals surface area contributed by atoms with Crippen molar-refractivity contribution in [1.82, 2.24) is 24.4 Å². The first kappa shape index (κ1) is 17.4. The zero-order chi connectivity index (χ0) is 19.3. The van der Waals surface area contributed by atoms with Crippen molar-refractivity contribution in [3.05, 3.63) is 48.0 Å². The number of aryl methyl sites for hydroxylation is 1. The Balaban J connectivity index is 1.87. The van der Waals surface area contributed by atoms with Crippen molar-refractivity contribution < 1.29 is 4.79 Å². The molecule has 3 aromatic heterocycles. The van der Waals surface area contributed by atoms with E-state index in [1.165, 1.54) is 0 Å². The van der Waals surface area contributed by atoms with E-state index in [4.69, 9.17) is 0 Å². The lowest BCUT2D eigenvalue weighted by Crippen LogP contribution is -2.16. The van der Waals surface area contributed by atoms with E-state index in [0.29, 0.717) is 5.69 Å². The maximum Gasteiger partial charge on any atom is 0.180 e. The van der Waals surface area contributed by atoms with Crippen molar-refractivity contribution in [2.75, 3.05) is 0 Å². The smallest absolute Gasteiger partial charge is 0.180 e. The lowest BCUT2D eigenvalue weighted by atomic mass is 9.97. The van der Waals surface area contributed by atoms with Crippen LogP contribution in [0.15, 0.2) is 36.7 Å². The SMILES string of the molecule is CC(=O)c1nn(CC(C)(C)C)c2ccc(-c3cnc4cc(C)nn4c3)cc12. The molecular weight excluding hydrogens is 338 g/mol. The summed E-state index contributed by atoms with van der Waals surface area (Å²) >= 11 is 0. The van der Waals surface area contributed by atoms with Crippen LogP contribution in [0.4, 0.5) is 0 Å². The predicted octanol–water partition coefficient (Wildman–Crippen LogP) is 4.30. The summed E-state index contributed by atoms with van der Waals surface area (Å²) in [6.45, 7) is 10.7. The van der Waals surface area contributed by atoms with Gasteiger partial charge in [0.15, 0.2) is 11.4 Å². The molecule has 0 aliphatic rings. The second-order valence-electron chi connectivity index (χ2n) is 8.29. The first-order valence-corrected chi connectivity index (χ1v) is 9.05. The average molecular weight is 361 g/mol. The molecule has 0 N–H and O–H groups in total. The van der Waals surface area contributed by atoms with Gasteiger partial charge in [-0.2, -0.15) is 10.2 Å². The van der Waals surface area contributed by atoms with Crippen molar-refractivity contribution in [2.24, 2.45) is 5.41 Å². The highest BCUT2D eigenvalue weighted by atomic mass is 16.1. The van der Waals surface area contributed by atoms with Crippen molar-refractivity contribution in [1.29, 1.82) is 0 Å². The van der Waals surface area contributed by atoms with Gasteiger partial charge < -0.3 is 0 Å². The number of Topliss-reactive ketones (excluding diaryl/α,β-unsaturated/α-hetero) is 1. The van der Waals surface area contributed by atoms with E-state index < -0.39 is 0 Å². The Bertz CT molecular complexity index is 1180. The van der Waals surface area contributed by atoms with Crippen LogP contribution in [0.5, 0.6) is 0 Å². The van der Waals surface area contributed by atoms with Crippen molar-refractivity contribution in [2.45, 2.75) is 41.2 Å². The van der Waals surface area contributed by atoms with Gasteiger partial charge in [-0.25, -0.2) is 9.50 Å². The van der Waals surface area contributed by atoms with Crippen LogP contribution in [-0.4, -0.2) is 30.2 Å². The molecule has 1 aromatic carbocycles. The summed E-state index contributed by atoms with van der Waals surface area (Å²) in [5.74, 6) is -0.0268. The highest BCUT2D eigenvalue weighted by molar-refractivity contribution is 6.05. The molecule has 0 bridgehead atoms. The van der Waals surface area contributed by atoms with Crippen LogP contribution in [0.1, 0.15) is 43.9 Å². The lowest BCUT2D eigenvalue weighted by Gasteiger charge is -2.18. The second kappa shape index (κ2) is 6.01. The molecule has 4 aromatic rings. The molecule has 27 heavy (non-hydrogen) atoms. The third kappa shape index (κ3) is 3.23. The van der Waals surface area contributed by atoms with Crippen molar-refractivity contribution in [3.63, 3.8) is 0 Å². The number of hydrogen-bond acceptors (Lipinski definition) is 4. The van der Waals surface area contributed by atoms with E-state index in [-0.39, 0.29) is 11.2 Å². The van der Waals surface area contributed by atoms with Crippen LogP contribution in [0.25, 0.3) is 27.7 Å². The van der Waals surface area contributed by atoms with Gasteiger partial charge in [-0.1, -0.05) is 26.8 Å². The van der Waals surface area contributed by atoms with Crippen LogP contribution in [0.2, 0.25) is 0 Å². The number of rotatable bonds is 3. The molecule has 3 heterocycles. The van der Waals surface area contributed by atoms with Crippen LogP contribution >= 0.6 is 0 Å². The fourth-order valence-corrected chi connectivity index (χ4v) is 3.33. The van der Waals surface area contributed by atoms with Crippen LogP contribution in [0.3, 0.4) is 0 Å². The van der Waals surface area contributed by atoms with E-state index in [1.807, 2.05) is 48.3 Å². The number of aromatic nitrogens is 5. The molecule has 138 valence electrons. The topological polar surface area (TPSA) is 65.1 Å². The quantitative estimate of drug-likeness (QED) is 0.510. The highest BCUT2D eigenvalue weighted by Gasteiger charge is 2.19. The molecule has 0 aliphatic carbocycles. The molecule has 6 heteroatoms. The lowest BCUT2D eigenvalue weighted by molar-refractivity contribution is 0.101. The number of fused-ring (bicyclic) bond motifs is 2. The largest absolute Gasteiger partial charge is 0.293 e. The molecule has 0 aliphatic heterocycles. The van der Waals surface area contributed by atoms with E-state index in [1.54, 1.807) is 11.4 Å². The van der Waals surface area contributed by atoms with E-state index >= 15 is 0 Å². The third-order valence-corrected chi connectivity index (χ3v) is 4.48. The number of nitrogens with zero attached hydrogens (tertiary/aromatic N) is 5. The fraction of sp³-hybridized carbons (Fsp3) is 0.333. The number of benzene rings is 1. The summed E-state index contributed by atoms with van der Waals surface area (Å²) in [5.41, 5.74) is 5.24. The molecule has 4 rings (SSSR count). The number of hydrogen-bond donors (Lipinski definition) is 0. The minimum Gasteiger partial charge on any atom is -0.293 e. The van der Waals surface area contributed by atoms with Crippen molar-refractivity contribution in [3.8, 4) is 11.1 Å². The van der Waals surface area contributed by atoms with Gasteiger partial charge in [0, 0.05) is 42.9 Å². The van der Waals surface area contributed by atoms with Gasteiger partial charge in [-0.15, -0.1) is 0 Å². The second-order valence-corrected chi connectivity index (χ2v) is 8.29. The highest BCUT2D eigenvalue weighted by Crippen LogP contribution is 2.28. The molecule has 6 nitrogen and oxygen atoms in total. The van der Waals surface area contributed by atoms with Crippen LogP contribution < -0.4 is 0 Å². The van der Waals surface area contributed by atoms with Gasteiger partial charge in [0.25, 0.3) is 0 Å². The zero-order valence-corrected chi connectivity index (χ0v) is 16.3. The molecule has 0 saturated carbocycles. The summed E-state index contributed by atoms with van der Waals surface area (Å²) in [7, 11) is 0. The average Bonchev–Trinajstić information content (AvgIpc) is 3.12. The summed E-state index contributed by atoms with van der Waals surface area (Å²) in [5, 5.41) is 9.91. The Morgan fingerprint density at radius 2 is 1.89 bits per heavy atom. The Labute approximate surface area is 157 Å². The summed E-state index contributed by atoms with van der Waals surface area (Å²) in [4.78, 5) is 16.6. The number of carbonyl (C=O) groups is 1. The van der Waals surface area contributed by atoms with Crippen LogP contribution in [0, 0.1) is 12.3 Å². The molecule has 0 radical (unpaired) electrons. The minimum absolute atomic E-state index is 0.0268. The Morgan fingerprint density at radius 1 is 1.11 bits per heavy atom. The molecule has 0 saturated heterocycles. The van der Waals surface area contributed by atoms with Gasteiger partial charge in [-0.3, -0.25) is 9.48 Å². The van der Waals surface area contributed by atoms with E-state index in [2.05, 4.69) is 36.0 Å². The molecule has 0 atom stereocenters. The van der Waals surface area contributed by atoms with Gasteiger partial charge >= 0.3 is 0 Å². The van der Waals surface area contributed by atoms with E-state index in [0.717, 1.165) is 39.9 Å². The summed E-state index contributed by atoms with van der Waals surface area (Å²) in [6, 6.07) is 8.05. The fourth-order valence-electron chi connectivity index (χ4n) is 3.33. The minimum atomic E-state index is -0.0268. The predicted molar refractivity (Wildman–Crippen MR) is 106 cm³/mol. The Hall–Kier alpha value is -3.02. The molecule has 0 fully saturated rings. The van der Waals surface area contributed by atoms with Crippen molar-refractivity contribution >= 4 is 22.3 Å². The van der Waals surface area contributed by atoms with Crippen LogP contribution in [-0.2, 0) is 6.54 Å². The first-order chi connectivity index (χ1) is 12.7. The Kier molecular flexibility index (Phi) is 3.87. The van der Waals surface area contributed by atoms with Gasteiger partial charge in [0.1, 0.15) is 5.69 Å². The zero-order valence-electron chi connectivity index (χ0n) is 16.3. The summed E-state index contributed by atoms with van der Waals surface area (Å²) < 4.78 is 3.72. The Morgan fingerprint density at radius 3 is 2.59 bits per heavy atom. The standard InChI is InChI=1S/C21H23N5O/c1-13-8-19-22-10-16(11-25(19)23-13)15-6-7-18-17(9-15)20(14(2)27)24-26(18)12-21(3,4)5/h6-11H,12H2,1-5H3. The maximum absolute atomic E-state index is 12.2. The molecule has 0 amide bonds. The molecule has 0 spiro atoms. The van der Waals surface area contributed by atoms with Gasteiger partial charge in [0.2, 0.25) is 0 Å². The van der Waals surface area contributed by atoms with Gasteiger partial charge in [0.05, 0.1) is 11.2 Å². The summed E-state index contributed by atoms with van der Waals surface area (Å²) in [6.07, 6.45) is 3.80. The molecular formula is C21H23N5O. The first-order valence-electron chi connectivity index (χ1n) is 9.05. The third-order valence-electron chi connectivity index (χ3n) is 4.48. The van der Waals surface area contributed by atoms with Gasteiger partial charge in [-0.05, 0) is 30.0 Å². The monoisotopic (exact) mass is 361 g/mol. The maximum atomic E-state index is 12.2. The number of carbonyl (C=O) groups excluding carboxylic acids is 1. The number of ketones is 1. The normalized spacial score (nSPS) is 12.2. The molecule has 0 unspecified atom stereocenters.